The summed E-state index contributed by atoms with van der Waals surface area (Å²) in [6.07, 6.45) is 0. The van der Waals surface area contributed by atoms with Crippen LogP contribution in [0.1, 0.15) is 17.5 Å². The van der Waals surface area contributed by atoms with E-state index < -0.39 is 0 Å². The van der Waals surface area contributed by atoms with Gasteiger partial charge >= 0.3 is 0 Å². The van der Waals surface area contributed by atoms with E-state index in [-0.39, 0.29) is 5.91 Å². The molecule has 7 nitrogen and oxygen atoms in total. The minimum absolute atomic E-state index is 0.0802. The Kier molecular flexibility index (Phi) is 2.91. The topological polar surface area (TPSA) is 75.9 Å². The van der Waals surface area contributed by atoms with Gasteiger partial charge < -0.3 is 10.2 Å². The van der Waals surface area contributed by atoms with Crippen LogP contribution >= 0.6 is 0 Å². The van der Waals surface area contributed by atoms with E-state index in [0.717, 1.165) is 26.2 Å². The number of tetrazole rings is 1. The number of carbonyl (C=O) groups is 1. The van der Waals surface area contributed by atoms with Crippen LogP contribution in [-0.4, -0.2) is 57.2 Å². The molecule has 0 atom stereocenters. The van der Waals surface area contributed by atoms with E-state index in [0.29, 0.717) is 12.4 Å². The molecular weight excluding hydrogens is 196 g/mol. The van der Waals surface area contributed by atoms with Crippen LogP contribution in [0.4, 0.5) is 0 Å². The molecule has 0 spiro atoms. The van der Waals surface area contributed by atoms with Gasteiger partial charge in [-0.3, -0.25) is 4.79 Å². The van der Waals surface area contributed by atoms with Crippen molar-refractivity contribution in [1.82, 2.24) is 30.4 Å². The lowest BCUT2D eigenvalue weighted by Gasteiger charge is -2.26. The Morgan fingerprint density at radius 2 is 2.20 bits per heavy atom. The van der Waals surface area contributed by atoms with Crippen molar-refractivity contribution in [2.75, 3.05) is 26.2 Å². The van der Waals surface area contributed by atoms with Crippen molar-refractivity contribution in [3.8, 4) is 0 Å². The number of aryl methyl sites for hydroxylation is 1. The van der Waals surface area contributed by atoms with E-state index in [4.69, 9.17) is 0 Å². The number of piperazine rings is 1. The quantitative estimate of drug-likeness (QED) is 0.659. The molecule has 1 N–H and O–H groups in total. The molecular formula is C8H14N6O. The van der Waals surface area contributed by atoms with Crippen LogP contribution < -0.4 is 5.32 Å². The monoisotopic (exact) mass is 210 g/mol. The molecule has 0 aromatic carbocycles. The molecule has 2 heterocycles. The molecule has 1 aromatic heterocycles. The van der Waals surface area contributed by atoms with Gasteiger partial charge in [0, 0.05) is 32.7 Å². The standard InChI is InChI=1S/C8H14N6O/c1-2-14-7(10-11-12-14)8(15)13-5-3-9-4-6-13/h9H,2-6H2,1H3. The van der Waals surface area contributed by atoms with Crippen molar-refractivity contribution in [3.05, 3.63) is 5.82 Å². The third-order valence-electron chi connectivity index (χ3n) is 2.43. The van der Waals surface area contributed by atoms with Gasteiger partial charge in [-0.15, -0.1) is 5.10 Å². The van der Waals surface area contributed by atoms with E-state index in [2.05, 4.69) is 20.8 Å². The summed E-state index contributed by atoms with van der Waals surface area (Å²) >= 11 is 0. The molecule has 82 valence electrons. The number of nitrogens with one attached hydrogen (secondary N) is 1. The Labute approximate surface area is 87.4 Å². The lowest BCUT2D eigenvalue weighted by Crippen LogP contribution is -2.47. The number of nitrogens with zero attached hydrogens (tertiary/aromatic N) is 5. The Morgan fingerprint density at radius 3 is 2.87 bits per heavy atom. The third kappa shape index (κ3) is 1.96. The number of hydrogen-bond donors (Lipinski definition) is 1. The first-order valence-corrected chi connectivity index (χ1v) is 5.09. The van der Waals surface area contributed by atoms with Crippen molar-refractivity contribution < 1.29 is 4.79 Å². The molecule has 1 fully saturated rings. The summed E-state index contributed by atoms with van der Waals surface area (Å²) in [5, 5.41) is 14.2. The number of hydrogen-bond acceptors (Lipinski definition) is 5. The Hall–Kier alpha value is -1.50. The molecule has 7 heteroatoms. The summed E-state index contributed by atoms with van der Waals surface area (Å²) < 4.78 is 1.52. The lowest BCUT2D eigenvalue weighted by molar-refractivity contribution is 0.0717. The molecule has 1 saturated heterocycles. The van der Waals surface area contributed by atoms with Crippen LogP contribution in [0, 0.1) is 0 Å². The molecule has 0 radical (unpaired) electrons. The Morgan fingerprint density at radius 1 is 1.47 bits per heavy atom. The Bertz CT molecular complexity index is 343. The van der Waals surface area contributed by atoms with Crippen molar-refractivity contribution in [2.24, 2.45) is 0 Å². The zero-order valence-corrected chi connectivity index (χ0v) is 8.68. The first-order chi connectivity index (χ1) is 7.33. The summed E-state index contributed by atoms with van der Waals surface area (Å²) in [7, 11) is 0. The number of amides is 1. The van der Waals surface area contributed by atoms with E-state index >= 15 is 0 Å². The molecule has 0 saturated carbocycles. The van der Waals surface area contributed by atoms with Crippen molar-refractivity contribution in [1.29, 1.82) is 0 Å². The smallest absolute Gasteiger partial charge is 0.293 e. The predicted molar refractivity (Wildman–Crippen MR) is 52.3 cm³/mol. The van der Waals surface area contributed by atoms with Gasteiger partial charge in [0.15, 0.2) is 0 Å². The van der Waals surface area contributed by atoms with Gasteiger partial charge in [-0.05, 0) is 17.4 Å². The van der Waals surface area contributed by atoms with E-state index in [9.17, 15) is 4.79 Å². The zero-order valence-electron chi connectivity index (χ0n) is 8.68. The molecule has 1 aliphatic heterocycles. The molecule has 2 rings (SSSR count). The molecule has 1 aromatic rings. The molecule has 0 aliphatic carbocycles. The second-order valence-electron chi connectivity index (χ2n) is 3.36. The fourth-order valence-corrected chi connectivity index (χ4v) is 1.58. The van der Waals surface area contributed by atoms with Gasteiger partial charge in [-0.2, -0.15) is 0 Å². The largest absolute Gasteiger partial charge is 0.333 e. The molecule has 0 unspecified atom stereocenters. The highest BCUT2D eigenvalue weighted by molar-refractivity contribution is 5.90. The first-order valence-electron chi connectivity index (χ1n) is 5.09. The van der Waals surface area contributed by atoms with Gasteiger partial charge in [0.1, 0.15) is 0 Å². The SMILES string of the molecule is CCn1nnnc1C(=O)N1CCNCC1. The summed E-state index contributed by atoms with van der Waals surface area (Å²) in [6, 6.07) is 0. The van der Waals surface area contributed by atoms with Crippen LogP contribution in [0.2, 0.25) is 0 Å². The summed E-state index contributed by atoms with van der Waals surface area (Å²) in [4.78, 5) is 13.7. The maximum atomic E-state index is 12.0. The maximum absolute atomic E-state index is 12.0. The van der Waals surface area contributed by atoms with Crippen LogP contribution in [0.5, 0.6) is 0 Å². The average molecular weight is 210 g/mol. The fraction of sp³-hybridized carbons (Fsp3) is 0.750. The van der Waals surface area contributed by atoms with Crippen LogP contribution in [-0.2, 0) is 6.54 Å². The average Bonchev–Trinajstić information content (AvgIpc) is 2.77. The van der Waals surface area contributed by atoms with Crippen LogP contribution in [0.15, 0.2) is 0 Å². The summed E-state index contributed by atoms with van der Waals surface area (Å²) in [5.41, 5.74) is 0. The minimum Gasteiger partial charge on any atom is -0.333 e. The van der Waals surface area contributed by atoms with Gasteiger partial charge in [0.05, 0.1) is 0 Å². The van der Waals surface area contributed by atoms with Gasteiger partial charge in [0.25, 0.3) is 5.91 Å². The van der Waals surface area contributed by atoms with E-state index in [1.165, 1.54) is 4.68 Å². The van der Waals surface area contributed by atoms with Gasteiger partial charge in [0.2, 0.25) is 5.82 Å². The predicted octanol–water partition coefficient (Wildman–Crippen LogP) is -1.26. The lowest BCUT2D eigenvalue weighted by atomic mass is 10.3. The number of aromatic nitrogens is 4. The minimum atomic E-state index is -0.0802. The number of rotatable bonds is 2. The van der Waals surface area contributed by atoms with Crippen LogP contribution in [0.25, 0.3) is 0 Å². The highest BCUT2D eigenvalue weighted by Crippen LogP contribution is 2.01. The van der Waals surface area contributed by atoms with Crippen molar-refractivity contribution >= 4 is 5.91 Å². The van der Waals surface area contributed by atoms with Gasteiger partial charge in [-0.25, -0.2) is 4.68 Å². The normalized spacial score (nSPS) is 16.7. The fourth-order valence-electron chi connectivity index (χ4n) is 1.58. The van der Waals surface area contributed by atoms with Crippen molar-refractivity contribution in [3.63, 3.8) is 0 Å². The number of carbonyl (C=O) groups excluding carboxylic acids is 1. The summed E-state index contributed by atoms with van der Waals surface area (Å²) in [5.74, 6) is 0.253. The Balaban J connectivity index is 2.12. The van der Waals surface area contributed by atoms with E-state index in [1.54, 1.807) is 4.90 Å². The maximum Gasteiger partial charge on any atom is 0.293 e. The molecule has 15 heavy (non-hydrogen) atoms. The van der Waals surface area contributed by atoms with Crippen molar-refractivity contribution in [2.45, 2.75) is 13.5 Å². The third-order valence-corrected chi connectivity index (χ3v) is 2.43. The van der Waals surface area contributed by atoms with Gasteiger partial charge in [-0.1, -0.05) is 0 Å². The highest BCUT2D eigenvalue weighted by atomic mass is 16.2. The zero-order chi connectivity index (χ0) is 10.7. The molecule has 1 amide bonds. The van der Waals surface area contributed by atoms with E-state index in [1.807, 2.05) is 6.92 Å². The highest BCUT2D eigenvalue weighted by Gasteiger charge is 2.22. The summed E-state index contributed by atoms with van der Waals surface area (Å²) in [6.45, 7) is 5.62. The second kappa shape index (κ2) is 4.35. The molecule has 0 bridgehead atoms. The first kappa shape index (κ1) is 10.0. The second-order valence-corrected chi connectivity index (χ2v) is 3.36. The molecule has 1 aliphatic rings. The van der Waals surface area contributed by atoms with Crippen LogP contribution in [0.3, 0.4) is 0 Å².